The highest BCUT2D eigenvalue weighted by Crippen LogP contribution is 2.34. The highest BCUT2D eigenvalue weighted by Gasteiger charge is 2.13. The van der Waals surface area contributed by atoms with E-state index in [1.165, 1.54) is 7.11 Å². The van der Waals surface area contributed by atoms with Crippen LogP contribution < -0.4 is 10.1 Å². The zero-order valence-corrected chi connectivity index (χ0v) is 13.5. The molecule has 0 radical (unpaired) electrons. The number of rotatable bonds is 4. The molecule has 1 aromatic heterocycles. The van der Waals surface area contributed by atoms with E-state index in [9.17, 15) is 5.11 Å². The van der Waals surface area contributed by atoms with Crippen molar-refractivity contribution in [2.75, 3.05) is 12.4 Å². The second-order valence-electron chi connectivity index (χ2n) is 4.73. The Morgan fingerprint density at radius 3 is 2.62 bits per heavy atom. The summed E-state index contributed by atoms with van der Waals surface area (Å²) in [6.45, 7) is 3.81. The Bertz CT molecular complexity index is 662. The predicted molar refractivity (Wildman–Crippen MR) is 85.7 cm³/mol. The number of ether oxygens (including phenoxy) is 1. The molecule has 2 N–H and O–H groups in total. The summed E-state index contributed by atoms with van der Waals surface area (Å²) in [6.07, 6.45) is 0. The van der Waals surface area contributed by atoms with Gasteiger partial charge in [0.2, 0.25) is 0 Å². The molecule has 0 aliphatic carbocycles. The first-order chi connectivity index (χ1) is 9.92. The molecule has 1 atom stereocenters. The number of anilines is 1. The van der Waals surface area contributed by atoms with Gasteiger partial charge in [-0.3, -0.25) is 0 Å². The molecule has 0 saturated carbocycles. The fourth-order valence-electron chi connectivity index (χ4n) is 2.02. The molecule has 0 fully saturated rings. The summed E-state index contributed by atoms with van der Waals surface area (Å²) in [5.74, 6) is 0.596. The first-order valence-corrected chi connectivity index (χ1v) is 7.14. The van der Waals surface area contributed by atoms with E-state index in [2.05, 4.69) is 10.3 Å². The van der Waals surface area contributed by atoms with Crippen molar-refractivity contribution in [1.82, 2.24) is 4.98 Å². The molecule has 2 rings (SSSR count). The minimum Gasteiger partial charge on any atom is -0.504 e. The number of aromatic nitrogens is 1. The van der Waals surface area contributed by atoms with Crippen molar-refractivity contribution in [2.45, 2.75) is 19.9 Å². The molecule has 1 unspecified atom stereocenters. The number of nitrogens with zero attached hydrogens (tertiary/aromatic N) is 1. The third-order valence-electron chi connectivity index (χ3n) is 3.19. The zero-order valence-electron chi connectivity index (χ0n) is 11.9. The number of halogens is 2. The zero-order chi connectivity index (χ0) is 15.6. The van der Waals surface area contributed by atoms with Crippen LogP contribution in [0.5, 0.6) is 11.5 Å². The van der Waals surface area contributed by atoms with Crippen molar-refractivity contribution < 1.29 is 9.84 Å². The van der Waals surface area contributed by atoms with E-state index in [4.69, 9.17) is 27.9 Å². The highest BCUT2D eigenvalue weighted by atomic mass is 35.5. The molecule has 4 nitrogen and oxygen atoms in total. The second kappa shape index (κ2) is 6.41. The predicted octanol–water partition coefficient (Wildman–Crippen LogP) is 4.58. The van der Waals surface area contributed by atoms with Crippen molar-refractivity contribution in [3.8, 4) is 11.5 Å². The minimum atomic E-state index is -0.0429. The summed E-state index contributed by atoms with van der Waals surface area (Å²) in [7, 11) is 1.52. The van der Waals surface area contributed by atoms with Crippen LogP contribution in [-0.4, -0.2) is 17.2 Å². The van der Waals surface area contributed by atoms with Crippen LogP contribution in [-0.2, 0) is 0 Å². The van der Waals surface area contributed by atoms with E-state index in [-0.39, 0.29) is 11.8 Å². The number of aromatic hydroxyl groups is 1. The summed E-state index contributed by atoms with van der Waals surface area (Å²) in [5.41, 5.74) is 2.41. The standard InChI is InChI=1S/C15H16Cl2N2O2/c1-8-6-10(7-12(21-3)14(8)20)9(2)18-11-4-5-13(16)19-15(11)17/h4-7,9,18,20H,1-3H3. The molecule has 0 saturated heterocycles. The molecule has 0 spiro atoms. The Balaban J connectivity index is 2.28. The monoisotopic (exact) mass is 326 g/mol. The van der Waals surface area contributed by atoms with Crippen molar-refractivity contribution in [3.05, 3.63) is 45.7 Å². The lowest BCUT2D eigenvalue weighted by Crippen LogP contribution is -2.08. The van der Waals surface area contributed by atoms with Gasteiger partial charge in [-0.25, -0.2) is 4.98 Å². The van der Waals surface area contributed by atoms with E-state index in [0.717, 1.165) is 11.1 Å². The van der Waals surface area contributed by atoms with Crippen LogP contribution in [0.4, 0.5) is 5.69 Å². The van der Waals surface area contributed by atoms with Gasteiger partial charge in [0.05, 0.1) is 12.8 Å². The summed E-state index contributed by atoms with van der Waals surface area (Å²) in [6, 6.07) is 7.09. The fourth-order valence-corrected chi connectivity index (χ4v) is 2.42. The van der Waals surface area contributed by atoms with Crippen LogP contribution in [0.2, 0.25) is 10.3 Å². The number of hydrogen-bond donors (Lipinski definition) is 2. The third-order valence-corrected chi connectivity index (χ3v) is 3.69. The average Bonchev–Trinajstić information content (AvgIpc) is 2.44. The van der Waals surface area contributed by atoms with Crippen LogP contribution in [0, 0.1) is 6.92 Å². The first-order valence-electron chi connectivity index (χ1n) is 6.38. The molecule has 0 amide bonds. The number of methoxy groups -OCH3 is 1. The molecule has 2 aromatic rings. The summed E-state index contributed by atoms with van der Waals surface area (Å²) < 4.78 is 5.17. The maximum atomic E-state index is 9.88. The van der Waals surface area contributed by atoms with Crippen molar-refractivity contribution in [1.29, 1.82) is 0 Å². The summed E-state index contributed by atoms with van der Waals surface area (Å²) in [5, 5.41) is 13.8. The first kappa shape index (κ1) is 15.7. The molecule has 1 aromatic carbocycles. The maximum absolute atomic E-state index is 9.88. The Hall–Kier alpha value is -1.65. The number of phenols is 1. The van der Waals surface area contributed by atoms with Gasteiger partial charge in [0.25, 0.3) is 0 Å². The SMILES string of the molecule is COc1cc(C(C)Nc2ccc(Cl)nc2Cl)cc(C)c1O. The molecular weight excluding hydrogens is 311 g/mol. The topological polar surface area (TPSA) is 54.4 Å². The van der Waals surface area contributed by atoms with Crippen LogP contribution in [0.25, 0.3) is 0 Å². The van der Waals surface area contributed by atoms with Crippen molar-refractivity contribution >= 4 is 28.9 Å². The van der Waals surface area contributed by atoms with Gasteiger partial charge in [-0.1, -0.05) is 29.3 Å². The van der Waals surface area contributed by atoms with Crippen molar-refractivity contribution in [3.63, 3.8) is 0 Å². The number of nitrogens with one attached hydrogen (secondary N) is 1. The Kier molecular flexibility index (Phi) is 4.80. The van der Waals surface area contributed by atoms with Gasteiger partial charge in [-0.15, -0.1) is 0 Å². The fraction of sp³-hybridized carbons (Fsp3) is 0.267. The molecule has 6 heteroatoms. The molecular formula is C15H16Cl2N2O2. The highest BCUT2D eigenvalue weighted by molar-refractivity contribution is 6.34. The quantitative estimate of drug-likeness (QED) is 0.807. The molecule has 112 valence electrons. The van der Waals surface area contributed by atoms with Crippen LogP contribution in [0.1, 0.15) is 24.1 Å². The lowest BCUT2D eigenvalue weighted by Gasteiger charge is -2.18. The number of hydrogen-bond acceptors (Lipinski definition) is 4. The third kappa shape index (κ3) is 3.52. The molecule has 0 aliphatic rings. The molecule has 21 heavy (non-hydrogen) atoms. The Morgan fingerprint density at radius 2 is 2.00 bits per heavy atom. The number of phenolic OH excluding ortho intramolecular Hbond substituents is 1. The molecule has 1 heterocycles. The van der Waals surface area contributed by atoms with E-state index in [0.29, 0.717) is 21.7 Å². The van der Waals surface area contributed by atoms with Gasteiger partial charge in [0, 0.05) is 6.04 Å². The lowest BCUT2D eigenvalue weighted by atomic mass is 10.0. The van der Waals surface area contributed by atoms with Crippen LogP contribution >= 0.6 is 23.2 Å². The number of benzene rings is 1. The molecule has 0 bridgehead atoms. The average molecular weight is 327 g/mol. The number of pyridine rings is 1. The smallest absolute Gasteiger partial charge is 0.161 e. The number of aryl methyl sites for hydroxylation is 1. The lowest BCUT2D eigenvalue weighted by molar-refractivity contribution is 0.371. The summed E-state index contributed by atoms with van der Waals surface area (Å²) >= 11 is 11.8. The Morgan fingerprint density at radius 1 is 1.29 bits per heavy atom. The normalized spacial score (nSPS) is 12.0. The van der Waals surface area contributed by atoms with Gasteiger partial charge in [-0.2, -0.15) is 0 Å². The van der Waals surface area contributed by atoms with Gasteiger partial charge in [0.1, 0.15) is 5.15 Å². The van der Waals surface area contributed by atoms with Gasteiger partial charge in [0.15, 0.2) is 16.7 Å². The second-order valence-corrected chi connectivity index (χ2v) is 5.47. The minimum absolute atomic E-state index is 0.0429. The van der Waals surface area contributed by atoms with E-state index in [1.54, 1.807) is 18.2 Å². The van der Waals surface area contributed by atoms with Crippen LogP contribution in [0.3, 0.4) is 0 Å². The van der Waals surface area contributed by atoms with Gasteiger partial charge in [-0.05, 0) is 43.2 Å². The van der Waals surface area contributed by atoms with E-state index in [1.807, 2.05) is 19.9 Å². The van der Waals surface area contributed by atoms with Gasteiger partial charge < -0.3 is 15.2 Å². The van der Waals surface area contributed by atoms with E-state index >= 15 is 0 Å². The van der Waals surface area contributed by atoms with Crippen molar-refractivity contribution in [2.24, 2.45) is 0 Å². The maximum Gasteiger partial charge on any atom is 0.161 e. The molecule has 0 aliphatic heterocycles. The van der Waals surface area contributed by atoms with Gasteiger partial charge >= 0.3 is 0 Å². The van der Waals surface area contributed by atoms with Crippen LogP contribution in [0.15, 0.2) is 24.3 Å². The Labute approximate surface area is 133 Å². The largest absolute Gasteiger partial charge is 0.504 e. The van der Waals surface area contributed by atoms with E-state index < -0.39 is 0 Å². The summed E-state index contributed by atoms with van der Waals surface area (Å²) in [4.78, 5) is 3.99.